The summed E-state index contributed by atoms with van der Waals surface area (Å²) in [5, 5.41) is 23.7. The zero-order chi connectivity index (χ0) is 14.3. The Morgan fingerprint density at radius 2 is 1.90 bits per heavy atom. The van der Waals surface area contributed by atoms with E-state index < -0.39 is 16.9 Å². The predicted octanol–water partition coefficient (Wildman–Crippen LogP) is 3.94. The normalized spacial score (nSPS) is 19.2. The number of rotatable bonds is 2. The van der Waals surface area contributed by atoms with E-state index in [1.165, 1.54) is 17.6 Å². The molecule has 3 rings (SSSR count). The van der Waals surface area contributed by atoms with Gasteiger partial charge in [-0.1, -0.05) is 24.3 Å². The zero-order valence-corrected chi connectivity index (χ0v) is 11.1. The minimum absolute atomic E-state index is 0.157. The number of thiol groups is 1. The van der Waals surface area contributed by atoms with Gasteiger partial charge in [0, 0.05) is 10.3 Å². The highest BCUT2D eigenvalue weighted by atomic mass is 32.2. The van der Waals surface area contributed by atoms with Crippen molar-refractivity contribution < 1.29 is 19.4 Å². The highest BCUT2D eigenvalue weighted by Crippen LogP contribution is 2.49. The van der Waals surface area contributed by atoms with Gasteiger partial charge < -0.3 is 10.2 Å². The number of hydrogen-bond acceptors (Lipinski definition) is 2. The third-order valence-corrected chi connectivity index (χ3v) is 5.08. The van der Waals surface area contributed by atoms with Gasteiger partial charge in [-0.05, 0) is 28.3 Å². The number of hydrogen-bond donors (Lipinski definition) is 3. The van der Waals surface area contributed by atoms with Crippen LogP contribution in [-0.4, -0.2) is 16.2 Å². The largest absolute Gasteiger partial charge is 0.506 e. The number of allylic oxidation sites excluding steroid dienone is 2. The molecule has 1 heterocycles. The summed E-state index contributed by atoms with van der Waals surface area (Å²) in [4.78, 5) is 12.0. The molecule has 0 radical (unpaired) electrons. The fraction of sp³-hybridized carbons (Fsp3) is 0. The number of carbonyl (C=O) groups is 1. The average molecular weight is 290 g/mol. The van der Waals surface area contributed by atoms with Crippen LogP contribution in [0.25, 0.3) is 10.8 Å². The Kier molecular flexibility index (Phi) is 2.99. The van der Waals surface area contributed by atoms with Gasteiger partial charge >= 0.3 is 5.97 Å². The second-order valence-electron chi connectivity index (χ2n) is 4.38. The third kappa shape index (κ3) is 1.96. The molecule has 3 nitrogen and oxygen atoms in total. The highest BCUT2D eigenvalue weighted by molar-refractivity contribution is 8.22. The second kappa shape index (κ2) is 4.68. The van der Waals surface area contributed by atoms with Gasteiger partial charge in [-0.25, -0.2) is 9.18 Å². The van der Waals surface area contributed by atoms with Crippen molar-refractivity contribution >= 4 is 27.6 Å². The van der Waals surface area contributed by atoms with Crippen LogP contribution in [0.3, 0.4) is 0 Å². The number of carboxylic acid groups (broad SMARTS) is 1. The standard InChI is InChI=1S/C15H11FO3S/c16-9-5-6-20(8-9)13-7-12(15(18)19)14(17)11-4-2-1-3-10(11)13/h1-8,17,20H,(H,18,19). The summed E-state index contributed by atoms with van der Waals surface area (Å²) in [6.45, 7) is 0. The molecule has 0 spiro atoms. The Labute approximate surface area is 117 Å². The van der Waals surface area contributed by atoms with E-state index in [1.807, 2.05) is 0 Å². The Morgan fingerprint density at radius 3 is 2.50 bits per heavy atom. The second-order valence-corrected chi connectivity index (χ2v) is 6.23. The molecule has 2 aromatic carbocycles. The Bertz CT molecular complexity index is 780. The summed E-state index contributed by atoms with van der Waals surface area (Å²) in [7, 11) is -1.02. The molecule has 1 aliphatic rings. The van der Waals surface area contributed by atoms with Gasteiger partial charge in [-0.2, -0.15) is 10.9 Å². The first-order valence-electron chi connectivity index (χ1n) is 5.90. The topological polar surface area (TPSA) is 57.5 Å². The van der Waals surface area contributed by atoms with Crippen molar-refractivity contribution in [2.24, 2.45) is 0 Å². The number of phenols is 1. The monoisotopic (exact) mass is 290 g/mol. The summed E-state index contributed by atoms with van der Waals surface area (Å²) in [6, 6.07) is 8.43. The van der Waals surface area contributed by atoms with Crippen LogP contribution in [0.4, 0.5) is 4.39 Å². The van der Waals surface area contributed by atoms with Crippen LogP contribution in [0.5, 0.6) is 5.75 Å². The Balaban J connectivity index is 2.33. The molecule has 0 aromatic heterocycles. The fourth-order valence-corrected chi connectivity index (χ4v) is 4.03. The number of aromatic carboxylic acids is 1. The fourth-order valence-electron chi connectivity index (χ4n) is 2.24. The van der Waals surface area contributed by atoms with Crippen LogP contribution >= 0.6 is 10.9 Å². The van der Waals surface area contributed by atoms with Crippen LogP contribution in [0, 0.1) is 0 Å². The van der Waals surface area contributed by atoms with E-state index in [9.17, 15) is 19.4 Å². The summed E-state index contributed by atoms with van der Waals surface area (Å²) >= 11 is 0. The molecule has 20 heavy (non-hydrogen) atoms. The van der Waals surface area contributed by atoms with Crippen LogP contribution in [0.1, 0.15) is 10.4 Å². The number of benzene rings is 2. The van der Waals surface area contributed by atoms with E-state index >= 15 is 0 Å². The van der Waals surface area contributed by atoms with Crippen molar-refractivity contribution in [3.8, 4) is 5.75 Å². The smallest absolute Gasteiger partial charge is 0.339 e. The van der Waals surface area contributed by atoms with Gasteiger partial charge in [0.15, 0.2) is 0 Å². The van der Waals surface area contributed by atoms with E-state index in [1.54, 1.807) is 29.7 Å². The van der Waals surface area contributed by atoms with E-state index in [2.05, 4.69) is 0 Å². The molecule has 0 fully saturated rings. The van der Waals surface area contributed by atoms with Crippen LogP contribution in [-0.2, 0) is 0 Å². The molecule has 1 atom stereocenters. The van der Waals surface area contributed by atoms with Gasteiger partial charge in [0.25, 0.3) is 0 Å². The molecule has 5 heteroatoms. The van der Waals surface area contributed by atoms with Crippen molar-refractivity contribution in [3.63, 3.8) is 0 Å². The minimum atomic E-state index is -1.20. The molecule has 2 N–H and O–H groups in total. The first-order chi connectivity index (χ1) is 9.58. The highest BCUT2D eigenvalue weighted by Gasteiger charge is 2.19. The molecule has 0 bridgehead atoms. The first kappa shape index (κ1) is 12.7. The van der Waals surface area contributed by atoms with Crippen LogP contribution in [0.2, 0.25) is 0 Å². The summed E-state index contributed by atoms with van der Waals surface area (Å²) in [5.74, 6) is -1.76. The summed E-state index contributed by atoms with van der Waals surface area (Å²) < 4.78 is 13.2. The van der Waals surface area contributed by atoms with Gasteiger partial charge in [0.05, 0.1) is 0 Å². The lowest BCUT2D eigenvalue weighted by Crippen LogP contribution is -1.98. The maximum Gasteiger partial charge on any atom is 0.339 e. The van der Waals surface area contributed by atoms with Crippen molar-refractivity contribution in [1.82, 2.24) is 0 Å². The van der Waals surface area contributed by atoms with Crippen molar-refractivity contribution in [2.75, 3.05) is 0 Å². The molecule has 2 aromatic rings. The molecule has 0 aliphatic carbocycles. The maximum atomic E-state index is 13.2. The molecule has 0 saturated carbocycles. The number of carboxylic acids is 1. The van der Waals surface area contributed by atoms with Gasteiger partial charge in [0.1, 0.15) is 17.1 Å². The molecular formula is C15H11FO3S. The van der Waals surface area contributed by atoms with Gasteiger partial charge in [0.2, 0.25) is 0 Å². The number of halogens is 1. The SMILES string of the molecule is O=C(O)c1cc([SH]2C=CC(F)=C2)c2ccccc2c1O. The molecular weight excluding hydrogens is 279 g/mol. The van der Waals surface area contributed by atoms with Crippen molar-refractivity contribution in [2.45, 2.75) is 4.90 Å². The minimum Gasteiger partial charge on any atom is -0.506 e. The number of aromatic hydroxyl groups is 1. The predicted molar refractivity (Wildman–Crippen MR) is 78.2 cm³/mol. The van der Waals surface area contributed by atoms with Crippen LogP contribution in [0.15, 0.2) is 57.9 Å². The van der Waals surface area contributed by atoms with E-state index in [0.717, 1.165) is 10.3 Å². The zero-order valence-electron chi connectivity index (χ0n) is 10.2. The number of fused-ring (bicyclic) bond motifs is 1. The molecule has 0 saturated heterocycles. The Morgan fingerprint density at radius 1 is 1.20 bits per heavy atom. The quantitative estimate of drug-likeness (QED) is 0.734. The summed E-state index contributed by atoms with van der Waals surface area (Å²) in [6.07, 6.45) is 1.38. The molecule has 1 aliphatic heterocycles. The Hall–Kier alpha value is -2.27. The van der Waals surface area contributed by atoms with Gasteiger partial charge in [-0.3, -0.25) is 0 Å². The average Bonchev–Trinajstić information content (AvgIpc) is 2.85. The van der Waals surface area contributed by atoms with E-state index in [0.29, 0.717) is 5.39 Å². The van der Waals surface area contributed by atoms with E-state index in [-0.39, 0.29) is 17.1 Å². The molecule has 1 unspecified atom stereocenters. The van der Waals surface area contributed by atoms with Crippen molar-refractivity contribution in [3.05, 3.63) is 58.6 Å². The molecule has 0 amide bonds. The maximum absolute atomic E-state index is 13.2. The lowest BCUT2D eigenvalue weighted by molar-refractivity contribution is 0.0694. The van der Waals surface area contributed by atoms with Crippen LogP contribution < -0.4 is 0 Å². The first-order valence-corrected chi connectivity index (χ1v) is 7.38. The lowest BCUT2D eigenvalue weighted by Gasteiger charge is -2.16. The van der Waals surface area contributed by atoms with Gasteiger partial charge in [-0.15, -0.1) is 0 Å². The van der Waals surface area contributed by atoms with Crippen molar-refractivity contribution in [1.29, 1.82) is 0 Å². The molecule has 102 valence electrons. The summed E-state index contributed by atoms with van der Waals surface area (Å²) in [5.41, 5.74) is -0.157. The lowest BCUT2D eigenvalue weighted by atomic mass is 10.1. The third-order valence-electron chi connectivity index (χ3n) is 3.16. The van der Waals surface area contributed by atoms with E-state index in [4.69, 9.17) is 0 Å².